The highest BCUT2D eigenvalue weighted by Gasteiger charge is 2.34. The van der Waals surface area contributed by atoms with Crippen LogP contribution in [0.1, 0.15) is 24.4 Å². The SMILES string of the molecule is FC1(F)CCC(c2cccc(Cl)c2)NC1. The van der Waals surface area contributed by atoms with Gasteiger partial charge in [0.15, 0.2) is 0 Å². The van der Waals surface area contributed by atoms with Gasteiger partial charge < -0.3 is 5.32 Å². The Bertz CT molecular complexity index is 344. The maximum absolute atomic E-state index is 12.9. The van der Waals surface area contributed by atoms with Crippen LogP contribution < -0.4 is 5.32 Å². The van der Waals surface area contributed by atoms with E-state index in [1.165, 1.54) is 0 Å². The molecule has 0 bridgehead atoms. The third kappa shape index (κ3) is 2.67. The quantitative estimate of drug-likeness (QED) is 0.781. The largest absolute Gasteiger partial charge is 0.304 e. The van der Waals surface area contributed by atoms with Crippen LogP contribution in [-0.4, -0.2) is 12.5 Å². The van der Waals surface area contributed by atoms with Crippen LogP contribution in [0.4, 0.5) is 8.78 Å². The number of rotatable bonds is 1. The van der Waals surface area contributed by atoms with E-state index in [1.807, 2.05) is 18.2 Å². The molecular formula is C11H12ClF2N. The highest BCUT2D eigenvalue weighted by atomic mass is 35.5. The van der Waals surface area contributed by atoms with E-state index in [0.29, 0.717) is 11.4 Å². The second-order valence-corrected chi connectivity index (χ2v) is 4.32. The average Bonchev–Trinajstić information content (AvgIpc) is 2.17. The summed E-state index contributed by atoms with van der Waals surface area (Å²) in [6.07, 6.45) is 0.393. The zero-order valence-electron chi connectivity index (χ0n) is 8.14. The molecule has 1 aliphatic rings. The van der Waals surface area contributed by atoms with Crippen LogP contribution in [-0.2, 0) is 0 Å². The van der Waals surface area contributed by atoms with Gasteiger partial charge in [0.05, 0.1) is 6.54 Å². The summed E-state index contributed by atoms with van der Waals surface area (Å²) >= 11 is 5.84. The maximum Gasteiger partial charge on any atom is 0.260 e. The third-order valence-electron chi connectivity index (χ3n) is 2.66. The predicted molar refractivity (Wildman–Crippen MR) is 56.4 cm³/mol. The van der Waals surface area contributed by atoms with Gasteiger partial charge in [0, 0.05) is 17.5 Å². The lowest BCUT2D eigenvalue weighted by Gasteiger charge is -2.29. The van der Waals surface area contributed by atoms with Crippen LogP contribution in [0.2, 0.25) is 5.02 Å². The van der Waals surface area contributed by atoms with Crippen molar-refractivity contribution in [3.8, 4) is 0 Å². The van der Waals surface area contributed by atoms with Gasteiger partial charge in [0.2, 0.25) is 0 Å². The topological polar surface area (TPSA) is 12.0 Å². The summed E-state index contributed by atoms with van der Waals surface area (Å²) in [5.41, 5.74) is 0.984. The van der Waals surface area contributed by atoms with Crippen molar-refractivity contribution in [3.05, 3.63) is 34.9 Å². The molecule has 0 spiro atoms. The number of piperidine rings is 1. The number of alkyl halides is 2. The van der Waals surface area contributed by atoms with E-state index in [1.54, 1.807) is 6.07 Å². The normalized spacial score (nSPS) is 25.1. The summed E-state index contributed by atoms with van der Waals surface area (Å²) in [4.78, 5) is 0. The highest BCUT2D eigenvalue weighted by Crippen LogP contribution is 2.31. The molecule has 1 fully saturated rings. The van der Waals surface area contributed by atoms with E-state index in [-0.39, 0.29) is 19.0 Å². The number of nitrogens with one attached hydrogen (secondary N) is 1. The Balaban J connectivity index is 2.08. The van der Waals surface area contributed by atoms with E-state index in [4.69, 9.17) is 11.6 Å². The van der Waals surface area contributed by atoms with Crippen molar-refractivity contribution in [2.24, 2.45) is 0 Å². The summed E-state index contributed by atoms with van der Waals surface area (Å²) in [5, 5.41) is 3.49. The second kappa shape index (κ2) is 4.06. The molecule has 0 saturated carbocycles. The van der Waals surface area contributed by atoms with Gasteiger partial charge in [-0.3, -0.25) is 0 Å². The summed E-state index contributed by atoms with van der Waals surface area (Å²) in [7, 11) is 0. The van der Waals surface area contributed by atoms with E-state index in [2.05, 4.69) is 5.32 Å². The molecule has 1 nitrogen and oxygen atoms in total. The van der Waals surface area contributed by atoms with Crippen LogP contribution in [0.3, 0.4) is 0 Å². The fourth-order valence-electron chi connectivity index (χ4n) is 1.83. The fraction of sp³-hybridized carbons (Fsp3) is 0.455. The van der Waals surface area contributed by atoms with E-state index >= 15 is 0 Å². The molecular weight excluding hydrogens is 220 g/mol. The van der Waals surface area contributed by atoms with Gasteiger partial charge >= 0.3 is 0 Å². The molecule has 1 N–H and O–H groups in total. The first kappa shape index (κ1) is 10.8. The second-order valence-electron chi connectivity index (χ2n) is 3.88. The first-order valence-electron chi connectivity index (χ1n) is 4.93. The number of hydrogen-bond acceptors (Lipinski definition) is 1. The molecule has 82 valence electrons. The lowest BCUT2D eigenvalue weighted by Crippen LogP contribution is -2.40. The Morgan fingerprint density at radius 2 is 2.20 bits per heavy atom. The van der Waals surface area contributed by atoms with E-state index < -0.39 is 5.92 Å². The summed E-state index contributed by atoms with van der Waals surface area (Å²) in [6.45, 7) is -0.246. The minimum Gasteiger partial charge on any atom is -0.304 e. The molecule has 1 unspecified atom stereocenters. The van der Waals surface area contributed by atoms with Crippen LogP contribution in [0, 0.1) is 0 Å². The van der Waals surface area contributed by atoms with Gasteiger partial charge in [-0.2, -0.15) is 0 Å². The molecule has 2 rings (SSSR count). The molecule has 4 heteroatoms. The van der Waals surface area contributed by atoms with Crippen molar-refractivity contribution in [2.45, 2.75) is 24.8 Å². The Hall–Kier alpha value is -0.670. The Kier molecular flexibility index (Phi) is 2.94. The predicted octanol–water partition coefficient (Wildman–Crippen LogP) is 3.40. The lowest BCUT2D eigenvalue weighted by molar-refractivity contribution is -0.0303. The van der Waals surface area contributed by atoms with Crippen LogP contribution in [0.5, 0.6) is 0 Å². The van der Waals surface area contributed by atoms with Gasteiger partial charge in [-0.05, 0) is 24.1 Å². The van der Waals surface area contributed by atoms with Crippen molar-refractivity contribution in [1.29, 1.82) is 0 Å². The molecule has 1 aromatic carbocycles. The van der Waals surface area contributed by atoms with Crippen LogP contribution >= 0.6 is 11.6 Å². The van der Waals surface area contributed by atoms with Gasteiger partial charge in [-0.25, -0.2) is 8.78 Å². The number of hydrogen-bond donors (Lipinski definition) is 1. The first-order chi connectivity index (χ1) is 7.07. The zero-order valence-corrected chi connectivity index (χ0v) is 8.90. The summed E-state index contributed by atoms with van der Waals surface area (Å²) in [6, 6.07) is 7.35. The molecule has 0 aliphatic carbocycles. The van der Waals surface area contributed by atoms with E-state index in [0.717, 1.165) is 5.56 Å². The minimum absolute atomic E-state index is 0.00308. The van der Waals surface area contributed by atoms with Gasteiger partial charge in [0.25, 0.3) is 5.92 Å². The third-order valence-corrected chi connectivity index (χ3v) is 2.89. The molecule has 0 aromatic heterocycles. The fourth-order valence-corrected chi connectivity index (χ4v) is 2.03. The standard InChI is InChI=1S/C11H12ClF2N/c12-9-3-1-2-8(6-9)10-4-5-11(13,14)7-15-10/h1-3,6,10,15H,4-5,7H2. The highest BCUT2D eigenvalue weighted by molar-refractivity contribution is 6.30. The van der Waals surface area contributed by atoms with Crippen LogP contribution in [0.25, 0.3) is 0 Å². The van der Waals surface area contributed by atoms with Crippen molar-refractivity contribution in [3.63, 3.8) is 0 Å². The molecule has 1 saturated heterocycles. The number of halogens is 3. The molecule has 1 heterocycles. The van der Waals surface area contributed by atoms with E-state index in [9.17, 15) is 8.78 Å². The average molecular weight is 232 g/mol. The van der Waals surface area contributed by atoms with Crippen molar-refractivity contribution >= 4 is 11.6 Å². The monoisotopic (exact) mass is 231 g/mol. The van der Waals surface area contributed by atoms with Crippen molar-refractivity contribution in [2.75, 3.05) is 6.54 Å². The van der Waals surface area contributed by atoms with Gasteiger partial charge in [-0.1, -0.05) is 23.7 Å². The Morgan fingerprint density at radius 3 is 2.80 bits per heavy atom. The Morgan fingerprint density at radius 1 is 1.40 bits per heavy atom. The maximum atomic E-state index is 12.9. The van der Waals surface area contributed by atoms with Gasteiger partial charge in [0.1, 0.15) is 0 Å². The molecule has 1 aliphatic heterocycles. The van der Waals surface area contributed by atoms with Crippen LogP contribution in [0.15, 0.2) is 24.3 Å². The molecule has 1 atom stereocenters. The minimum atomic E-state index is -2.56. The van der Waals surface area contributed by atoms with Crippen molar-refractivity contribution < 1.29 is 8.78 Å². The lowest BCUT2D eigenvalue weighted by atomic mass is 9.96. The Labute approximate surface area is 92.4 Å². The molecule has 15 heavy (non-hydrogen) atoms. The molecule has 0 amide bonds. The molecule has 1 aromatic rings. The first-order valence-corrected chi connectivity index (χ1v) is 5.31. The van der Waals surface area contributed by atoms with Gasteiger partial charge in [-0.15, -0.1) is 0 Å². The summed E-state index contributed by atoms with van der Waals surface area (Å²) in [5.74, 6) is -2.56. The smallest absolute Gasteiger partial charge is 0.260 e. The zero-order chi connectivity index (χ0) is 10.9. The molecule has 0 radical (unpaired) electrons. The number of benzene rings is 1. The van der Waals surface area contributed by atoms with Crippen molar-refractivity contribution in [1.82, 2.24) is 5.32 Å². The summed E-state index contributed by atoms with van der Waals surface area (Å²) < 4.78 is 25.8.